The van der Waals surface area contributed by atoms with Crippen molar-refractivity contribution < 1.29 is 18.4 Å². The van der Waals surface area contributed by atoms with Gasteiger partial charge in [-0.3, -0.25) is 9.59 Å². The van der Waals surface area contributed by atoms with Gasteiger partial charge < -0.3 is 10.2 Å². The summed E-state index contributed by atoms with van der Waals surface area (Å²) >= 11 is 0. The van der Waals surface area contributed by atoms with Crippen LogP contribution >= 0.6 is 0 Å². The molecule has 2 atom stereocenters. The standard InChI is InChI=1S/C28H24F2N4O2/c1-28(12-13-28)27(36)32-23-15-25(35)33(26(23)17-2-4-19(29)5-3-17)22-10-11-24-18(14-22)16-31-34(24)21-8-6-20(30)7-9-21/h2-11,14,16,23,26H,12-13,15H2,1H3,(H,32,36)/t23-,26?/m0/s1. The largest absolute Gasteiger partial charge is 0.350 e. The fourth-order valence-corrected chi connectivity index (χ4v) is 4.92. The second kappa shape index (κ2) is 8.26. The van der Waals surface area contributed by atoms with Crippen LogP contribution in [0.15, 0.2) is 72.9 Å². The van der Waals surface area contributed by atoms with E-state index in [-0.39, 0.29) is 35.3 Å². The molecular formula is C28H24F2N4O2. The average Bonchev–Trinajstić information content (AvgIpc) is 3.35. The summed E-state index contributed by atoms with van der Waals surface area (Å²) in [6, 6.07) is 16.8. The Labute approximate surface area is 206 Å². The van der Waals surface area contributed by atoms with Gasteiger partial charge in [0.05, 0.1) is 29.5 Å². The van der Waals surface area contributed by atoms with E-state index in [4.69, 9.17) is 0 Å². The van der Waals surface area contributed by atoms with Crippen LogP contribution < -0.4 is 10.2 Å². The Kier molecular flexibility index (Phi) is 5.14. The molecule has 36 heavy (non-hydrogen) atoms. The van der Waals surface area contributed by atoms with E-state index in [1.54, 1.807) is 40.0 Å². The van der Waals surface area contributed by atoms with Crippen molar-refractivity contribution in [1.82, 2.24) is 15.1 Å². The van der Waals surface area contributed by atoms with E-state index in [0.717, 1.165) is 35.0 Å². The summed E-state index contributed by atoms with van der Waals surface area (Å²) in [5.74, 6) is -0.865. The van der Waals surface area contributed by atoms with Crippen molar-refractivity contribution in [3.63, 3.8) is 0 Å². The number of carbonyl (C=O) groups excluding carboxylic acids is 2. The van der Waals surface area contributed by atoms with Crippen LogP contribution in [0.4, 0.5) is 14.5 Å². The van der Waals surface area contributed by atoms with Gasteiger partial charge in [0, 0.05) is 22.9 Å². The van der Waals surface area contributed by atoms with Crippen LogP contribution in [0.5, 0.6) is 0 Å². The highest BCUT2D eigenvalue weighted by molar-refractivity contribution is 6.00. The summed E-state index contributed by atoms with van der Waals surface area (Å²) < 4.78 is 28.8. The van der Waals surface area contributed by atoms with E-state index in [1.165, 1.54) is 24.3 Å². The molecule has 1 saturated heterocycles. The van der Waals surface area contributed by atoms with Crippen molar-refractivity contribution in [3.05, 3.63) is 90.1 Å². The molecule has 1 N–H and O–H groups in total. The molecule has 1 aromatic heterocycles. The minimum Gasteiger partial charge on any atom is -0.350 e. The van der Waals surface area contributed by atoms with E-state index in [9.17, 15) is 18.4 Å². The lowest BCUT2D eigenvalue weighted by atomic mass is 9.98. The third-order valence-corrected chi connectivity index (χ3v) is 7.30. The third kappa shape index (κ3) is 3.82. The molecule has 2 fully saturated rings. The van der Waals surface area contributed by atoms with Gasteiger partial charge in [0.2, 0.25) is 11.8 Å². The lowest BCUT2D eigenvalue weighted by Gasteiger charge is -2.30. The number of fused-ring (bicyclic) bond motifs is 1. The van der Waals surface area contributed by atoms with E-state index in [1.807, 2.05) is 25.1 Å². The van der Waals surface area contributed by atoms with Crippen LogP contribution in [0.3, 0.4) is 0 Å². The molecular weight excluding hydrogens is 462 g/mol. The first-order valence-corrected chi connectivity index (χ1v) is 11.9. The maximum atomic E-state index is 13.7. The van der Waals surface area contributed by atoms with Crippen LogP contribution in [-0.2, 0) is 9.59 Å². The fraction of sp³-hybridized carbons (Fsp3) is 0.250. The van der Waals surface area contributed by atoms with Crippen LogP contribution in [0.1, 0.15) is 37.8 Å². The van der Waals surface area contributed by atoms with Crippen molar-refractivity contribution in [2.45, 2.75) is 38.3 Å². The lowest BCUT2D eigenvalue weighted by molar-refractivity contribution is -0.126. The molecule has 1 saturated carbocycles. The molecule has 2 amide bonds. The first kappa shape index (κ1) is 22.4. The molecule has 182 valence electrons. The van der Waals surface area contributed by atoms with Crippen LogP contribution in [-0.4, -0.2) is 27.6 Å². The Bertz CT molecular complexity index is 1480. The molecule has 2 heterocycles. The van der Waals surface area contributed by atoms with Crippen LogP contribution in [0.2, 0.25) is 0 Å². The molecule has 6 rings (SSSR count). The Morgan fingerprint density at radius 1 is 0.972 bits per heavy atom. The van der Waals surface area contributed by atoms with Gasteiger partial charge in [0.25, 0.3) is 0 Å². The monoisotopic (exact) mass is 486 g/mol. The molecule has 1 unspecified atom stereocenters. The van der Waals surface area contributed by atoms with Gasteiger partial charge in [-0.1, -0.05) is 19.1 Å². The third-order valence-electron chi connectivity index (χ3n) is 7.30. The summed E-state index contributed by atoms with van der Waals surface area (Å²) in [6.07, 6.45) is 3.51. The number of benzene rings is 3. The van der Waals surface area contributed by atoms with Gasteiger partial charge in [-0.05, 0) is 73.0 Å². The number of aromatic nitrogens is 2. The van der Waals surface area contributed by atoms with Gasteiger partial charge in [0.15, 0.2) is 0 Å². The normalized spacial score (nSPS) is 20.6. The zero-order valence-corrected chi connectivity index (χ0v) is 19.6. The number of nitrogens with one attached hydrogen (secondary N) is 1. The smallest absolute Gasteiger partial charge is 0.229 e. The van der Waals surface area contributed by atoms with E-state index >= 15 is 0 Å². The van der Waals surface area contributed by atoms with E-state index in [0.29, 0.717) is 5.69 Å². The molecule has 8 heteroatoms. The van der Waals surface area contributed by atoms with Crippen molar-refractivity contribution >= 4 is 28.4 Å². The summed E-state index contributed by atoms with van der Waals surface area (Å²) in [5, 5.41) is 8.35. The first-order valence-electron chi connectivity index (χ1n) is 11.9. The lowest BCUT2D eigenvalue weighted by Crippen LogP contribution is -2.42. The molecule has 3 aromatic carbocycles. The van der Waals surface area contributed by atoms with Crippen molar-refractivity contribution in [2.75, 3.05) is 4.90 Å². The highest BCUT2D eigenvalue weighted by Gasteiger charge is 2.49. The number of halogens is 2. The Hall–Kier alpha value is -4.07. The number of amides is 2. The number of hydrogen-bond acceptors (Lipinski definition) is 3. The molecule has 1 aliphatic carbocycles. The molecule has 0 radical (unpaired) electrons. The highest BCUT2D eigenvalue weighted by atomic mass is 19.1. The zero-order chi connectivity index (χ0) is 25.0. The molecule has 0 spiro atoms. The van der Waals surface area contributed by atoms with Crippen molar-refractivity contribution in [2.24, 2.45) is 5.41 Å². The first-order chi connectivity index (χ1) is 17.3. The quantitative estimate of drug-likeness (QED) is 0.429. The fourth-order valence-electron chi connectivity index (χ4n) is 4.92. The van der Waals surface area contributed by atoms with Gasteiger partial charge in [0.1, 0.15) is 11.6 Å². The van der Waals surface area contributed by atoms with Crippen LogP contribution in [0.25, 0.3) is 16.6 Å². The average molecular weight is 487 g/mol. The number of anilines is 1. The van der Waals surface area contributed by atoms with Gasteiger partial charge in [-0.25, -0.2) is 13.5 Å². The van der Waals surface area contributed by atoms with Gasteiger partial charge in [-0.15, -0.1) is 0 Å². The maximum Gasteiger partial charge on any atom is 0.229 e. The van der Waals surface area contributed by atoms with E-state index < -0.39 is 12.1 Å². The molecule has 0 bridgehead atoms. The summed E-state index contributed by atoms with van der Waals surface area (Å²) in [4.78, 5) is 27.9. The zero-order valence-electron chi connectivity index (χ0n) is 19.6. The number of nitrogens with zero attached hydrogens (tertiary/aromatic N) is 3. The number of rotatable bonds is 5. The molecule has 2 aliphatic rings. The SMILES string of the molecule is CC1(C(=O)N[C@H]2CC(=O)N(c3ccc4c(cnn4-c4ccc(F)cc4)c3)C2c2ccc(F)cc2)CC1. The Morgan fingerprint density at radius 3 is 2.28 bits per heavy atom. The van der Waals surface area contributed by atoms with Gasteiger partial charge in [-0.2, -0.15) is 5.10 Å². The van der Waals surface area contributed by atoms with Crippen molar-refractivity contribution in [1.29, 1.82) is 0 Å². The summed E-state index contributed by atoms with van der Waals surface area (Å²) in [6.45, 7) is 1.93. The molecule has 6 nitrogen and oxygen atoms in total. The second-order valence-corrected chi connectivity index (χ2v) is 9.88. The Morgan fingerprint density at radius 2 is 1.61 bits per heavy atom. The number of hydrogen-bond donors (Lipinski definition) is 1. The molecule has 1 aliphatic heterocycles. The van der Waals surface area contributed by atoms with E-state index in [2.05, 4.69) is 10.4 Å². The summed E-state index contributed by atoms with van der Waals surface area (Å²) in [5.41, 5.74) is 2.56. The minimum atomic E-state index is -0.478. The predicted molar refractivity (Wildman–Crippen MR) is 132 cm³/mol. The predicted octanol–water partition coefficient (Wildman–Crippen LogP) is 5.07. The number of carbonyl (C=O) groups is 2. The topological polar surface area (TPSA) is 67.2 Å². The second-order valence-electron chi connectivity index (χ2n) is 9.88. The Balaban J connectivity index is 1.38. The van der Waals surface area contributed by atoms with Gasteiger partial charge >= 0.3 is 0 Å². The van der Waals surface area contributed by atoms with Crippen LogP contribution in [0, 0.1) is 17.0 Å². The highest BCUT2D eigenvalue weighted by Crippen LogP contribution is 2.46. The molecule has 4 aromatic rings. The summed E-state index contributed by atoms with van der Waals surface area (Å²) in [7, 11) is 0. The minimum absolute atomic E-state index is 0.0507. The maximum absolute atomic E-state index is 13.7. The van der Waals surface area contributed by atoms with Crippen molar-refractivity contribution in [3.8, 4) is 5.69 Å².